The Morgan fingerprint density at radius 2 is 1.58 bits per heavy atom. The molecule has 2 N–H and O–H groups in total. The molecule has 2 atom stereocenters. The first-order valence-corrected chi connectivity index (χ1v) is 19.8. The van der Waals surface area contributed by atoms with Crippen LogP contribution in [0.4, 0.5) is 0 Å². The number of esters is 2. The smallest absolute Gasteiger partial charge is 0.352 e. The number of phenolic OH excluding ortho intramolecular Hbond substituents is 1. The van der Waals surface area contributed by atoms with Gasteiger partial charge in [0.05, 0.1) is 35.4 Å². The van der Waals surface area contributed by atoms with Gasteiger partial charge in [-0.05, 0) is 49.6 Å². The quantitative estimate of drug-likeness (QED) is 0.0648. The van der Waals surface area contributed by atoms with Crippen molar-refractivity contribution >= 4 is 28.7 Å². The number of nitrogens with one attached hydrogen (secondary N) is 1. The highest BCUT2D eigenvalue weighted by Crippen LogP contribution is 2.39. The number of hydrogen-bond donors (Lipinski definition) is 2. The second kappa shape index (κ2) is 19.0. The van der Waals surface area contributed by atoms with Crippen molar-refractivity contribution in [2.45, 2.75) is 162 Å². The van der Waals surface area contributed by atoms with Crippen LogP contribution in [-0.4, -0.2) is 38.5 Å². The Morgan fingerprint density at radius 1 is 0.923 bits per heavy atom. The number of amides is 1. The molecule has 0 radical (unpaired) electrons. The third kappa shape index (κ3) is 9.81. The van der Waals surface area contributed by atoms with E-state index in [1.807, 2.05) is 13.8 Å². The second-order valence-electron chi connectivity index (χ2n) is 14.7. The highest BCUT2D eigenvalue weighted by atomic mass is 16.6. The molecule has 1 amide bonds. The summed E-state index contributed by atoms with van der Waals surface area (Å²) in [4.78, 5) is 57.0. The molecule has 52 heavy (non-hydrogen) atoms. The van der Waals surface area contributed by atoms with Gasteiger partial charge in [-0.3, -0.25) is 14.4 Å². The highest BCUT2D eigenvalue weighted by molar-refractivity contribution is 5.90. The minimum absolute atomic E-state index is 0.00337. The molecule has 0 fully saturated rings. The Bertz CT molecular complexity index is 1780. The number of nitrogens with zero attached hydrogens (tertiary/aromatic N) is 2. The third-order valence-electron chi connectivity index (χ3n) is 10.6. The Labute approximate surface area is 307 Å². The number of ether oxygens (including phenoxy) is 2. The maximum absolute atomic E-state index is 13.7. The third-order valence-corrected chi connectivity index (χ3v) is 10.6. The maximum Gasteiger partial charge on any atom is 0.352 e. The van der Waals surface area contributed by atoms with Crippen molar-refractivity contribution in [3.8, 4) is 17.1 Å². The average Bonchev–Trinajstić information content (AvgIpc) is 3.49. The van der Waals surface area contributed by atoms with Crippen LogP contribution in [-0.2, 0) is 43.4 Å². The summed E-state index contributed by atoms with van der Waals surface area (Å²) >= 11 is 0. The number of benzene rings is 1. The lowest BCUT2D eigenvalue weighted by molar-refractivity contribution is -0.171. The summed E-state index contributed by atoms with van der Waals surface area (Å²) in [5, 5.41) is 13.9. The van der Waals surface area contributed by atoms with Gasteiger partial charge >= 0.3 is 11.9 Å². The van der Waals surface area contributed by atoms with E-state index in [0.29, 0.717) is 29.9 Å². The average molecular weight is 716 g/mol. The van der Waals surface area contributed by atoms with E-state index in [4.69, 9.17) is 14.5 Å². The number of carbonyl (C=O) groups is 3. The first kappa shape index (κ1) is 39.0. The van der Waals surface area contributed by atoms with E-state index in [2.05, 4.69) is 12.2 Å². The molecule has 10 heteroatoms. The zero-order valence-corrected chi connectivity index (χ0v) is 31.4. The summed E-state index contributed by atoms with van der Waals surface area (Å²) in [6.07, 6.45) is 18.1. The molecule has 10 nitrogen and oxygen atoms in total. The molecule has 0 saturated heterocycles. The molecule has 282 valence electrons. The van der Waals surface area contributed by atoms with Crippen molar-refractivity contribution in [3.05, 3.63) is 56.9 Å². The number of aromatic hydroxyl groups is 1. The Kier molecular flexibility index (Phi) is 14.3. The van der Waals surface area contributed by atoms with Gasteiger partial charge in [0.2, 0.25) is 12.0 Å². The highest BCUT2D eigenvalue weighted by Gasteiger charge is 2.38. The van der Waals surface area contributed by atoms with Crippen molar-refractivity contribution in [1.29, 1.82) is 0 Å². The fourth-order valence-corrected chi connectivity index (χ4v) is 7.67. The zero-order chi connectivity index (χ0) is 37.0. The molecule has 0 saturated carbocycles. The molecular formula is C42H57N3O7. The van der Waals surface area contributed by atoms with Crippen molar-refractivity contribution in [2.75, 3.05) is 0 Å². The van der Waals surface area contributed by atoms with Crippen LogP contribution in [0.15, 0.2) is 29.1 Å². The van der Waals surface area contributed by atoms with Crippen molar-refractivity contribution < 1.29 is 29.0 Å². The molecule has 3 aromatic rings. The van der Waals surface area contributed by atoms with Gasteiger partial charge in [-0.1, -0.05) is 104 Å². The molecule has 2 aromatic heterocycles. The van der Waals surface area contributed by atoms with Gasteiger partial charge in [0, 0.05) is 29.0 Å². The predicted octanol–water partition coefficient (Wildman–Crippen LogP) is 8.49. The van der Waals surface area contributed by atoms with Gasteiger partial charge in [0.25, 0.3) is 5.56 Å². The van der Waals surface area contributed by atoms with Gasteiger partial charge in [0.1, 0.15) is 12.4 Å². The van der Waals surface area contributed by atoms with E-state index in [0.717, 1.165) is 35.8 Å². The fraction of sp³-hybridized carbons (Fsp3) is 0.595. The molecule has 0 spiro atoms. The first-order chi connectivity index (χ1) is 25.2. The Hall–Kier alpha value is -4.21. The summed E-state index contributed by atoms with van der Waals surface area (Å²) in [6, 6.07) is 6.70. The minimum atomic E-state index is -1.41. The van der Waals surface area contributed by atoms with Crippen LogP contribution in [0, 0.1) is 0 Å². The van der Waals surface area contributed by atoms with Crippen LogP contribution in [0.25, 0.3) is 22.3 Å². The van der Waals surface area contributed by atoms with Crippen LogP contribution < -0.4 is 10.9 Å². The molecule has 2 aliphatic heterocycles. The number of fused-ring (bicyclic) bond motifs is 5. The zero-order valence-electron chi connectivity index (χ0n) is 31.4. The van der Waals surface area contributed by atoms with Crippen LogP contribution in [0.3, 0.4) is 0 Å². The van der Waals surface area contributed by atoms with Gasteiger partial charge in [-0.2, -0.15) is 0 Å². The number of carbonyl (C=O) groups excluding carboxylic acids is 3. The van der Waals surface area contributed by atoms with Crippen LogP contribution in [0.2, 0.25) is 0 Å². The van der Waals surface area contributed by atoms with E-state index >= 15 is 0 Å². The van der Waals surface area contributed by atoms with Gasteiger partial charge in [-0.15, -0.1) is 0 Å². The minimum Gasteiger partial charge on any atom is -0.508 e. The lowest BCUT2D eigenvalue weighted by Crippen LogP contribution is -2.35. The van der Waals surface area contributed by atoms with E-state index in [1.54, 1.807) is 28.8 Å². The first-order valence-electron chi connectivity index (χ1n) is 19.8. The summed E-state index contributed by atoms with van der Waals surface area (Å²) < 4.78 is 12.5. The molecule has 1 aromatic carbocycles. The molecule has 5 rings (SSSR count). The Morgan fingerprint density at radius 3 is 2.23 bits per heavy atom. The van der Waals surface area contributed by atoms with Gasteiger partial charge < -0.3 is 24.5 Å². The summed E-state index contributed by atoms with van der Waals surface area (Å²) in [7, 11) is 0. The molecule has 0 bridgehead atoms. The SMILES string of the molecule is CCCCCCCCCCCCCCCCC(C)NC(=O)CCC(=O)OC1C(=O)OCc2c1cc1n(c2=O)Cc2c-1nc1ccc(O)cc1c2CC. The number of unbranched alkanes of at least 4 members (excludes halogenated alkanes) is 13. The monoisotopic (exact) mass is 715 g/mol. The lowest BCUT2D eigenvalue weighted by Gasteiger charge is -2.25. The lowest BCUT2D eigenvalue weighted by atomic mass is 9.97. The number of phenols is 1. The standard InChI is InChI=1S/C42H57N3O7/c1-4-6-7-8-9-10-11-12-13-14-15-16-17-18-19-28(3)43-37(47)22-23-38(48)52-40-32-25-36-39-33(26-45(36)41(49)34(32)27-51-42(40)50)30(5-2)31-24-29(46)20-21-35(31)44-39/h20-21,24-25,28,40,46H,4-19,22-23,26-27H2,1-3H3,(H,43,47). The summed E-state index contributed by atoms with van der Waals surface area (Å²) in [5.41, 5.74) is 3.91. The second-order valence-corrected chi connectivity index (χ2v) is 14.7. The topological polar surface area (TPSA) is 137 Å². The van der Waals surface area contributed by atoms with Crippen molar-refractivity contribution in [2.24, 2.45) is 0 Å². The molecule has 2 unspecified atom stereocenters. The van der Waals surface area contributed by atoms with Gasteiger partial charge in [0.15, 0.2) is 0 Å². The Balaban J connectivity index is 1.06. The van der Waals surface area contributed by atoms with Crippen LogP contribution >= 0.6 is 0 Å². The summed E-state index contributed by atoms with van der Waals surface area (Å²) in [6.45, 7) is 6.33. The number of pyridine rings is 2. The van der Waals surface area contributed by atoms with Crippen molar-refractivity contribution in [3.63, 3.8) is 0 Å². The molecule has 0 aliphatic carbocycles. The number of rotatable bonds is 21. The number of hydrogen-bond acceptors (Lipinski definition) is 8. The van der Waals surface area contributed by atoms with Crippen LogP contribution in [0.5, 0.6) is 5.75 Å². The van der Waals surface area contributed by atoms with E-state index in [1.165, 1.54) is 77.0 Å². The summed E-state index contributed by atoms with van der Waals surface area (Å²) in [5.74, 6) is -1.58. The molecule has 4 heterocycles. The largest absolute Gasteiger partial charge is 0.508 e. The normalized spacial score (nSPS) is 15.1. The van der Waals surface area contributed by atoms with E-state index < -0.39 is 18.0 Å². The van der Waals surface area contributed by atoms with E-state index in [9.17, 15) is 24.3 Å². The maximum atomic E-state index is 13.7. The number of aryl methyl sites for hydroxylation is 1. The predicted molar refractivity (Wildman–Crippen MR) is 202 cm³/mol. The molecule has 2 aliphatic rings. The van der Waals surface area contributed by atoms with E-state index in [-0.39, 0.29) is 53.8 Å². The number of cyclic esters (lactones) is 1. The van der Waals surface area contributed by atoms with Crippen molar-refractivity contribution in [1.82, 2.24) is 14.9 Å². The van der Waals surface area contributed by atoms with Crippen LogP contribution in [0.1, 0.15) is 158 Å². The fourth-order valence-electron chi connectivity index (χ4n) is 7.67. The molecular weight excluding hydrogens is 658 g/mol. The number of aromatic nitrogens is 2. The van der Waals surface area contributed by atoms with Gasteiger partial charge in [-0.25, -0.2) is 9.78 Å².